The van der Waals surface area contributed by atoms with E-state index in [1.54, 1.807) is 29.0 Å². The van der Waals surface area contributed by atoms with Crippen LogP contribution in [0.2, 0.25) is 0 Å². The number of pyridine rings is 1. The zero-order valence-electron chi connectivity index (χ0n) is 18.2. The number of anilines is 1. The fraction of sp³-hybridized carbons (Fsp3) is 0.435. The Kier molecular flexibility index (Phi) is 6.74. The molecule has 32 heavy (non-hydrogen) atoms. The van der Waals surface area contributed by atoms with Crippen LogP contribution in [0.25, 0.3) is 11.0 Å². The average molecular weight is 457 g/mol. The molecule has 1 N–H and O–H groups in total. The number of amides is 1. The van der Waals surface area contributed by atoms with Gasteiger partial charge in [-0.15, -0.1) is 0 Å². The molecule has 170 valence electrons. The van der Waals surface area contributed by atoms with E-state index in [4.69, 9.17) is 4.74 Å². The molecule has 0 bridgehead atoms. The maximum atomic E-state index is 12.9. The summed E-state index contributed by atoms with van der Waals surface area (Å²) in [6.45, 7) is 0.531. The molecule has 1 aromatic carbocycles. The van der Waals surface area contributed by atoms with Gasteiger partial charge in [0.05, 0.1) is 17.6 Å². The Morgan fingerprint density at radius 3 is 2.72 bits per heavy atom. The molecule has 1 amide bonds. The van der Waals surface area contributed by atoms with Crippen LogP contribution in [-0.4, -0.2) is 41.7 Å². The summed E-state index contributed by atoms with van der Waals surface area (Å²) in [5.74, 6) is 1.20. The van der Waals surface area contributed by atoms with Crippen LogP contribution in [0.4, 0.5) is 5.82 Å². The number of nitrogens with zero attached hydrogens (tertiary/aromatic N) is 3. The van der Waals surface area contributed by atoms with Gasteiger partial charge in [0.25, 0.3) is 0 Å². The predicted molar refractivity (Wildman–Crippen MR) is 123 cm³/mol. The zero-order chi connectivity index (χ0) is 22.6. The number of carbonyl (C=O) groups is 1. The second-order valence-electron chi connectivity index (χ2n) is 8.39. The first kappa shape index (κ1) is 22.3. The lowest BCUT2D eigenvalue weighted by atomic mass is 9.90. The summed E-state index contributed by atoms with van der Waals surface area (Å²) in [5.41, 5.74) is 1.35. The van der Waals surface area contributed by atoms with Gasteiger partial charge in [0.1, 0.15) is 18.1 Å². The van der Waals surface area contributed by atoms with E-state index < -0.39 is 9.84 Å². The third-order valence-electron chi connectivity index (χ3n) is 5.65. The first-order valence-corrected chi connectivity index (χ1v) is 12.9. The molecule has 0 spiro atoms. The summed E-state index contributed by atoms with van der Waals surface area (Å²) in [6, 6.07) is 10.9. The number of aromatic nitrogens is 3. The Morgan fingerprint density at radius 2 is 1.94 bits per heavy atom. The minimum absolute atomic E-state index is 0.0794. The lowest BCUT2D eigenvalue weighted by Gasteiger charge is -2.22. The van der Waals surface area contributed by atoms with Gasteiger partial charge in [-0.25, -0.2) is 18.4 Å². The van der Waals surface area contributed by atoms with E-state index in [0.717, 1.165) is 6.26 Å². The van der Waals surface area contributed by atoms with Crippen LogP contribution in [0.5, 0.6) is 5.75 Å². The van der Waals surface area contributed by atoms with Crippen molar-refractivity contribution in [1.82, 2.24) is 14.5 Å². The molecule has 1 aliphatic rings. The van der Waals surface area contributed by atoms with E-state index >= 15 is 0 Å². The SMILES string of the molecule is CS(=O)(=O)Cc1nc2ccccc2n1CC(=O)Nc1ncccc1OCC1CCCCC1. The van der Waals surface area contributed by atoms with E-state index in [0.29, 0.717) is 40.9 Å². The summed E-state index contributed by atoms with van der Waals surface area (Å²) in [5, 5.41) is 2.82. The van der Waals surface area contributed by atoms with Crippen LogP contribution >= 0.6 is 0 Å². The molecule has 1 fully saturated rings. The van der Waals surface area contributed by atoms with Gasteiger partial charge in [-0.05, 0) is 43.0 Å². The molecule has 4 rings (SSSR count). The van der Waals surface area contributed by atoms with Gasteiger partial charge in [0, 0.05) is 12.5 Å². The number of fused-ring (bicyclic) bond motifs is 1. The molecule has 0 aliphatic heterocycles. The molecule has 0 unspecified atom stereocenters. The normalized spacial score (nSPS) is 15.0. The van der Waals surface area contributed by atoms with Crippen molar-refractivity contribution < 1.29 is 17.9 Å². The molecular formula is C23H28N4O4S. The third-order valence-corrected chi connectivity index (χ3v) is 6.44. The molecule has 2 heterocycles. The quantitative estimate of drug-likeness (QED) is 0.556. The highest BCUT2D eigenvalue weighted by Gasteiger charge is 2.19. The number of carbonyl (C=O) groups excluding carboxylic acids is 1. The van der Waals surface area contributed by atoms with E-state index in [1.165, 1.54) is 32.1 Å². The second-order valence-corrected chi connectivity index (χ2v) is 10.5. The predicted octanol–water partition coefficient (Wildman–Crippen LogP) is 3.57. The first-order chi connectivity index (χ1) is 15.4. The number of imidazole rings is 1. The lowest BCUT2D eigenvalue weighted by molar-refractivity contribution is -0.116. The van der Waals surface area contributed by atoms with Crippen molar-refractivity contribution in [2.24, 2.45) is 5.92 Å². The number of benzene rings is 1. The van der Waals surface area contributed by atoms with E-state index in [9.17, 15) is 13.2 Å². The number of nitrogens with one attached hydrogen (secondary N) is 1. The molecule has 0 radical (unpaired) electrons. The number of rotatable bonds is 8. The lowest BCUT2D eigenvalue weighted by Crippen LogP contribution is -2.22. The van der Waals surface area contributed by atoms with Crippen molar-refractivity contribution in [3.05, 3.63) is 48.4 Å². The summed E-state index contributed by atoms with van der Waals surface area (Å²) in [6.07, 6.45) is 8.84. The van der Waals surface area contributed by atoms with Gasteiger partial charge in [-0.3, -0.25) is 4.79 Å². The molecule has 3 aromatic rings. The maximum absolute atomic E-state index is 12.9. The highest BCUT2D eigenvalue weighted by molar-refractivity contribution is 7.89. The van der Waals surface area contributed by atoms with Gasteiger partial charge in [0.2, 0.25) is 5.91 Å². The van der Waals surface area contributed by atoms with Crippen LogP contribution in [0.15, 0.2) is 42.6 Å². The standard InChI is InChI=1S/C23H28N4O4S/c1-32(29,30)16-21-25-18-10-5-6-11-19(18)27(21)14-22(28)26-23-20(12-7-13-24-23)31-15-17-8-3-2-4-9-17/h5-7,10-13,17H,2-4,8-9,14-16H2,1H3,(H,24,26,28). The Balaban J connectivity index is 1.50. The summed E-state index contributed by atoms with van der Waals surface area (Å²) < 4.78 is 31.4. The molecule has 0 atom stereocenters. The zero-order valence-corrected chi connectivity index (χ0v) is 19.0. The van der Waals surface area contributed by atoms with Crippen molar-refractivity contribution in [2.45, 2.75) is 44.4 Å². The number of para-hydroxylation sites is 2. The molecule has 1 aliphatic carbocycles. The Bertz CT molecular complexity index is 1200. The van der Waals surface area contributed by atoms with Gasteiger partial charge < -0.3 is 14.6 Å². The van der Waals surface area contributed by atoms with E-state index in [-0.39, 0.29) is 18.2 Å². The maximum Gasteiger partial charge on any atom is 0.245 e. The van der Waals surface area contributed by atoms with Gasteiger partial charge in [-0.2, -0.15) is 0 Å². The van der Waals surface area contributed by atoms with Crippen molar-refractivity contribution in [3.63, 3.8) is 0 Å². The molecular weight excluding hydrogens is 428 g/mol. The highest BCUT2D eigenvalue weighted by Crippen LogP contribution is 2.27. The topological polar surface area (TPSA) is 103 Å². The molecule has 8 nitrogen and oxygen atoms in total. The minimum Gasteiger partial charge on any atom is -0.489 e. The van der Waals surface area contributed by atoms with Crippen LogP contribution in [0, 0.1) is 5.92 Å². The van der Waals surface area contributed by atoms with E-state index in [1.807, 2.05) is 18.2 Å². The number of ether oxygens (including phenoxy) is 1. The Morgan fingerprint density at radius 1 is 1.16 bits per heavy atom. The number of sulfone groups is 1. The third kappa shape index (κ3) is 5.64. The van der Waals surface area contributed by atoms with Crippen molar-refractivity contribution >= 4 is 32.6 Å². The van der Waals surface area contributed by atoms with Gasteiger partial charge >= 0.3 is 0 Å². The second kappa shape index (κ2) is 9.68. The first-order valence-electron chi connectivity index (χ1n) is 10.9. The molecule has 0 saturated heterocycles. The van der Waals surface area contributed by atoms with Gasteiger partial charge in [0.15, 0.2) is 21.4 Å². The molecule has 1 saturated carbocycles. The summed E-state index contributed by atoms with van der Waals surface area (Å²) in [4.78, 5) is 21.6. The molecule has 2 aromatic heterocycles. The Hall–Kier alpha value is -2.94. The van der Waals surface area contributed by atoms with E-state index in [2.05, 4.69) is 15.3 Å². The largest absolute Gasteiger partial charge is 0.489 e. The monoisotopic (exact) mass is 456 g/mol. The van der Waals surface area contributed by atoms with Crippen LogP contribution in [0.3, 0.4) is 0 Å². The van der Waals surface area contributed by atoms with Crippen LogP contribution in [0.1, 0.15) is 37.9 Å². The average Bonchev–Trinajstić information content (AvgIpc) is 3.09. The van der Waals surface area contributed by atoms with Crippen molar-refractivity contribution in [3.8, 4) is 5.75 Å². The fourth-order valence-electron chi connectivity index (χ4n) is 4.12. The van der Waals surface area contributed by atoms with Crippen molar-refractivity contribution in [1.29, 1.82) is 0 Å². The summed E-state index contributed by atoms with van der Waals surface area (Å²) in [7, 11) is -3.31. The fourth-order valence-corrected chi connectivity index (χ4v) is 4.81. The highest BCUT2D eigenvalue weighted by atomic mass is 32.2. The van der Waals surface area contributed by atoms with Crippen LogP contribution < -0.4 is 10.1 Å². The smallest absolute Gasteiger partial charge is 0.245 e. The van der Waals surface area contributed by atoms with Gasteiger partial charge in [-0.1, -0.05) is 31.4 Å². The minimum atomic E-state index is -3.31. The van der Waals surface area contributed by atoms with Crippen molar-refractivity contribution in [2.75, 3.05) is 18.2 Å². The summed E-state index contributed by atoms with van der Waals surface area (Å²) >= 11 is 0. The molecule has 9 heteroatoms. The Labute approximate surface area is 187 Å². The number of hydrogen-bond acceptors (Lipinski definition) is 6. The van der Waals surface area contributed by atoms with Crippen LogP contribution in [-0.2, 0) is 26.9 Å². The number of hydrogen-bond donors (Lipinski definition) is 1.